The number of halogens is 2. The van der Waals surface area contributed by atoms with E-state index in [1.807, 2.05) is 17.5 Å². The summed E-state index contributed by atoms with van der Waals surface area (Å²) in [7, 11) is 0. The molecule has 0 aliphatic heterocycles. The third-order valence-corrected chi connectivity index (χ3v) is 3.95. The second kappa shape index (κ2) is 3.73. The lowest BCUT2D eigenvalue weighted by Gasteiger charge is -1.97. The van der Waals surface area contributed by atoms with E-state index in [0.29, 0.717) is 0 Å². The quantitative estimate of drug-likeness (QED) is 0.794. The van der Waals surface area contributed by atoms with Crippen LogP contribution in [0.1, 0.15) is 5.56 Å². The number of rotatable bonds is 1. The van der Waals surface area contributed by atoms with Crippen molar-refractivity contribution in [2.75, 3.05) is 0 Å². The summed E-state index contributed by atoms with van der Waals surface area (Å²) in [6.45, 7) is 0.0798. The molecule has 1 nitrogen and oxygen atoms in total. The van der Waals surface area contributed by atoms with Crippen LogP contribution < -0.4 is 0 Å². The van der Waals surface area contributed by atoms with Crippen LogP contribution in [-0.4, -0.2) is 5.11 Å². The largest absolute Gasteiger partial charge is 0.392 e. The summed E-state index contributed by atoms with van der Waals surface area (Å²) in [5, 5.41) is 12.9. The molecule has 0 spiro atoms. The molecule has 1 aromatic carbocycles. The highest BCUT2D eigenvalue weighted by molar-refractivity contribution is 14.1. The summed E-state index contributed by atoms with van der Waals surface area (Å²) in [4.78, 5) is 0. The highest BCUT2D eigenvalue weighted by Gasteiger charge is 2.07. The number of aliphatic hydroxyl groups excluding tert-OH is 1. The number of aliphatic hydroxyl groups is 1. The van der Waals surface area contributed by atoms with Gasteiger partial charge in [-0.05, 0) is 45.7 Å². The first-order valence-electron chi connectivity index (χ1n) is 3.68. The van der Waals surface area contributed by atoms with Crippen molar-refractivity contribution in [3.8, 4) is 0 Å². The maximum absolute atomic E-state index is 9.07. The molecule has 0 atom stereocenters. The third kappa shape index (κ3) is 1.70. The molecule has 2 aromatic rings. The number of benzene rings is 1. The minimum atomic E-state index is 0.0798. The van der Waals surface area contributed by atoms with Crippen molar-refractivity contribution >= 4 is 55.6 Å². The van der Waals surface area contributed by atoms with Crippen molar-refractivity contribution in [2.24, 2.45) is 0 Å². The van der Waals surface area contributed by atoms with Gasteiger partial charge in [0.2, 0.25) is 0 Å². The fourth-order valence-corrected chi connectivity index (χ4v) is 3.34. The molecular weight excluding hydrogens is 319 g/mol. The third-order valence-electron chi connectivity index (χ3n) is 1.84. The van der Waals surface area contributed by atoms with Gasteiger partial charge in [-0.1, -0.05) is 11.6 Å². The molecule has 0 saturated carbocycles. The van der Waals surface area contributed by atoms with Crippen LogP contribution in [0.5, 0.6) is 0 Å². The van der Waals surface area contributed by atoms with Gasteiger partial charge in [-0.25, -0.2) is 0 Å². The Hall–Kier alpha value is 0.160. The van der Waals surface area contributed by atoms with Crippen molar-refractivity contribution in [3.05, 3.63) is 31.7 Å². The Kier molecular flexibility index (Phi) is 2.78. The maximum Gasteiger partial charge on any atom is 0.0696 e. The smallest absolute Gasteiger partial charge is 0.0696 e. The lowest BCUT2D eigenvalue weighted by Crippen LogP contribution is -1.80. The van der Waals surface area contributed by atoms with E-state index in [2.05, 4.69) is 22.6 Å². The predicted molar refractivity (Wildman–Crippen MR) is 65.5 cm³/mol. The van der Waals surface area contributed by atoms with Crippen LogP contribution in [0.25, 0.3) is 10.1 Å². The van der Waals surface area contributed by atoms with Gasteiger partial charge < -0.3 is 5.11 Å². The standard InChI is InChI=1S/C9H6ClIOS/c10-8-2-6(11)1-7-5(3-12)4-13-9(7)8/h1-2,4,12H,3H2. The van der Waals surface area contributed by atoms with E-state index < -0.39 is 0 Å². The Balaban J connectivity index is 2.82. The van der Waals surface area contributed by atoms with Gasteiger partial charge >= 0.3 is 0 Å². The van der Waals surface area contributed by atoms with Crippen LogP contribution in [0.2, 0.25) is 5.02 Å². The Morgan fingerprint density at radius 3 is 2.92 bits per heavy atom. The molecule has 0 bridgehead atoms. The van der Waals surface area contributed by atoms with Gasteiger partial charge in [-0.2, -0.15) is 0 Å². The van der Waals surface area contributed by atoms with Gasteiger partial charge in [0, 0.05) is 8.96 Å². The van der Waals surface area contributed by atoms with Crippen LogP contribution in [0.4, 0.5) is 0 Å². The van der Waals surface area contributed by atoms with Crippen LogP contribution in [-0.2, 0) is 6.61 Å². The first-order chi connectivity index (χ1) is 6.22. The zero-order chi connectivity index (χ0) is 9.42. The van der Waals surface area contributed by atoms with Gasteiger partial charge in [0.05, 0.1) is 16.3 Å². The van der Waals surface area contributed by atoms with E-state index in [-0.39, 0.29) is 6.61 Å². The molecule has 0 unspecified atom stereocenters. The fraction of sp³-hybridized carbons (Fsp3) is 0.111. The zero-order valence-corrected chi connectivity index (χ0v) is 10.3. The van der Waals surface area contributed by atoms with E-state index in [0.717, 1.165) is 24.2 Å². The predicted octanol–water partition coefficient (Wildman–Crippen LogP) is 3.65. The molecule has 4 heteroatoms. The monoisotopic (exact) mass is 324 g/mol. The van der Waals surface area contributed by atoms with Gasteiger partial charge in [0.25, 0.3) is 0 Å². The summed E-state index contributed by atoms with van der Waals surface area (Å²) in [6.07, 6.45) is 0. The first-order valence-corrected chi connectivity index (χ1v) is 6.02. The normalized spacial score (nSPS) is 11.0. The van der Waals surface area contributed by atoms with E-state index in [1.54, 1.807) is 11.3 Å². The van der Waals surface area contributed by atoms with Crippen LogP contribution in [0.15, 0.2) is 17.5 Å². The minimum Gasteiger partial charge on any atom is -0.392 e. The number of hydrogen-bond acceptors (Lipinski definition) is 2. The first kappa shape index (κ1) is 9.71. The molecule has 0 fully saturated rings. The molecule has 0 radical (unpaired) electrons. The molecule has 2 rings (SSSR count). The summed E-state index contributed by atoms with van der Waals surface area (Å²) < 4.78 is 2.16. The molecule has 1 aromatic heterocycles. The molecule has 1 N–H and O–H groups in total. The average Bonchev–Trinajstić information content (AvgIpc) is 2.47. The van der Waals surface area contributed by atoms with Crippen LogP contribution in [0, 0.1) is 3.57 Å². The highest BCUT2D eigenvalue weighted by Crippen LogP contribution is 2.33. The Morgan fingerprint density at radius 2 is 2.23 bits per heavy atom. The highest BCUT2D eigenvalue weighted by atomic mass is 127. The van der Waals surface area contributed by atoms with E-state index in [4.69, 9.17) is 16.7 Å². The Labute approximate surface area is 98.5 Å². The second-order valence-corrected chi connectivity index (χ2v) is 5.22. The second-order valence-electron chi connectivity index (χ2n) is 2.68. The van der Waals surface area contributed by atoms with Gasteiger partial charge in [-0.15, -0.1) is 11.3 Å². The van der Waals surface area contributed by atoms with Gasteiger partial charge in [-0.3, -0.25) is 0 Å². The van der Waals surface area contributed by atoms with Gasteiger partial charge in [0.15, 0.2) is 0 Å². The molecule has 1 heterocycles. The molecule has 13 heavy (non-hydrogen) atoms. The van der Waals surface area contributed by atoms with E-state index >= 15 is 0 Å². The summed E-state index contributed by atoms with van der Waals surface area (Å²) >= 11 is 9.86. The average molecular weight is 325 g/mol. The fourth-order valence-electron chi connectivity index (χ4n) is 1.23. The van der Waals surface area contributed by atoms with E-state index in [1.165, 1.54) is 0 Å². The summed E-state index contributed by atoms with van der Waals surface area (Å²) in [5.74, 6) is 0. The van der Waals surface area contributed by atoms with Crippen molar-refractivity contribution in [1.29, 1.82) is 0 Å². The number of thiophene rings is 1. The zero-order valence-electron chi connectivity index (χ0n) is 6.55. The van der Waals surface area contributed by atoms with Crippen LogP contribution >= 0.6 is 45.5 Å². The Bertz CT molecular complexity index is 452. The lowest BCUT2D eigenvalue weighted by molar-refractivity contribution is 0.284. The lowest BCUT2D eigenvalue weighted by atomic mass is 10.2. The van der Waals surface area contributed by atoms with Crippen molar-refractivity contribution in [1.82, 2.24) is 0 Å². The summed E-state index contributed by atoms with van der Waals surface area (Å²) in [6, 6.07) is 3.98. The molecular formula is C9H6ClIOS. The maximum atomic E-state index is 9.07. The van der Waals surface area contributed by atoms with Crippen molar-refractivity contribution in [2.45, 2.75) is 6.61 Å². The topological polar surface area (TPSA) is 20.2 Å². The van der Waals surface area contributed by atoms with Crippen molar-refractivity contribution < 1.29 is 5.11 Å². The summed E-state index contributed by atoms with van der Waals surface area (Å²) in [5.41, 5.74) is 0.959. The van der Waals surface area contributed by atoms with Gasteiger partial charge in [0.1, 0.15) is 0 Å². The number of fused-ring (bicyclic) bond motifs is 1. The molecule has 0 saturated heterocycles. The van der Waals surface area contributed by atoms with Crippen LogP contribution in [0.3, 0.4) is 0 Å². The molecule has 68 valence electrons. The number of hydrogen-bond donors (Lipinski definition) is 1. The Morgan fingerprint density at radius 1 is 1.46 bits per heavy atom. The molecule has 0 aliphatic carbocycles. The molecule has 0 aliphatic rings. The molecule has 0 amide bonds. The van der Waals surface area contributed by atoms with Crippen molar-refractivity contribution in [3.63, 3.8) is 0 Å². The minimum absolute atomic E-state index is 0.0798. The SMILES string of the molecule is OCc1csc2c(Cl)cc(I)cc12. The van der Waals surface area contributed by atoms with E-state index in [9.17, 15) is 0 Å².